The molecule has 1 aliphatic heterocycles. The van der Waals surface area contributed by atoms with Crippen molar-refractivity contribution in [1.29, 1.82) is 0 Å². The molecular formula is C33H29N5O11S4. The fourth-order valence-corrected chi connectivity index (χ4v) is 8.72. The molecule has 0 unspecified atom stereocenters. The number of fused-ring (bicyclic) bond motifs is 2. The monoisotopic (exact) mass is 799 g/mol. The van der Waals surface area contributed by atoms with Gasteiger partial charge in [-0.05, 0) is 66.9 Å². The van der Waals surface area contributed by atoms with E-state index < -0.39 is 45.0 Å². The maximum absolute atomic E-state index is 13.0. The third-order valence-corrected chi connectivity index (χ3v) is 11.7. The second-order valence-corrected chi connectivity index (χ2v) is 17.1. The Labute approximate surface area is 307 Å². The summed E-state index contributed by atoms with van der Waals surface area (Å²) in [5.74, 6) is -0.437. The van der Waals surface area contributed by atoms with Crippen molar-refractivity contribution in [2.45, 2.75) is 42.4 Å². The van der Waals surface area contributed by atoms with Crippen molar-refractivity contribution >= 4 is 87.1 Å². The standard InChI is InChI=1S/C33H29N5O11S4/c1-15-11-24-21(12-27(15)52(43,44)45)29(20-8-6-7-9-26(20)51(40,41)42)22-13-28(53(46,47)48)23(14-25(22)49-24)35-30-16(2)10-17(3)31(18(30)4)36-33-38-37-32(50-33)34-19(5)39/h6-14,35H,1H2,2-5H3,(H,36,38)(H,34,37,39)(H,40,41,42)(H,43,44,45)(H,46,47,48). The fraction of sp³-hybridized carbons (Fsp3) is 0.121. The van der Waals surface area contributed by atoms with Gasteiger partial charge >= 0.3 is 0 Å². The molecule has 0 bridgehead atoms. The van der Waals surface area contributed by atoms with Crippen molar-refractivity contribution < 1.29 is 48.4 Å². The molecule has 1 amide bonds. The van der Waals surface area contributed by atoms with Crippen LogP contribution in [0.15, 0.2) is 69.3 Å². The molecule has 6 N–H and O–H groups in total. The Morgan fingerprint density at radius 2 is 1.34 bits per heavy atom. The predicted octanol–water partition coefficient (Wildman–Crippen LogP) is 4.41. The maximum atomic E-state index is 13.0. The van der Waals surface area contributed by atoms with Gasteiger partial charge in [0.15, 0.2) is 0 Å². The van der Waals surface area contributed by atoms with E-state index in [1.165, 1.54) is 37.3 Å². The molecule has 1 aliphatic rings. The van der Waals surface area contributed by atoms with E-state index >= 15 is 0 Å². The van der Waals surface area contributed by atoms with Gasteiger partial charge in [0.2, 0.25) is 16.2 Å². The average molecular weight is 800 g/mol. The Balaban J connectivity index is 1.59. The number of rotatable bonds is 9. The number of aromatic nitrogens is 2. The van der Waals surface area contributed by atoms with Gasteiger partial charge < -0.3 is 20.7 Å². The van der Waals surface area contributed by atoms with Gasteiger partial charge in [0.1, 0.15) is 26.2 Å². The van der Waals surface area contributed by atoms with E-state index in [4.69, 9.17) is 4.74 Å². The van der Waals surface area contributed by atoms with Crippen LogP contribution in [0.3, 0.4) is 0 Å². The highest BCUT2D eigenvalue weighted by Gasteiger charge is 2.30. The van der Waals surface area contributed by atoms with Gasteiger partial charge in [-0.3, -0.25) is 18.5 Å². The lowest BCUT2D eigenvalue weighted by Gasteiger charge is -2.25. The number of carbonyl (C=O) groups excluding carboxylic acids is 1. The number of benzene rings is 4. The van der Waals surface area contributed by atoms with E-state index in [2.05, 4.69) is 32.7 Å². The minimum absolute atomic E-state index is 0.0505. The average Bonchev–Trinajstić information content (AvgIpc) is 3.47. The van der Waals surface area contributed by atoms with Gasteiger partial charge in [-0.25, -0.2) is 0 Å². The third-order valence-electron chi connectivity index (χ3n) is 8.16. The van der Waals surface area contributed by atoms with Crippen LogP contribution in [0.1, 0.15) is 34.7 Å². The lowest BCUT2D eigenvalue weighted by atomic mass is 9.92. The summed E-state index contributed by atoms with van der Waals surface area (Å²) in [6.45, 7) is 10.4. The van der Waals surface area contributed by atoms with E-state index in [9.17, 15) is 43.7 Å². The van der Waals surface area contributed by atoms with E-state index in [1.54, 1.807) is 13.8 Å². The summed E-state index contributed by atoms with van der Waals surface area (Å²) in [6.07, 6.45) is 0. The highest BCUT2D eigenvalue weighted by atomic mass is 32.2. The first-order valence-electron chi connectivity index (χ1n) is 15.1. The number of hydrogen-bond acceptors (Lipinski definition) is 13. The van der Waals surface area contributed by atoms with E-state index in [1.807, 2.05) is 13.0 Å². The minimum atomic E-state index is -5.06. The summed E-state index contributed by atoms with van der Waals surface area (Å²) < 4.78 is 112. The third kappa shape index (κ3) is 7.38. The van der Waals surface area contributed by atoms with Crippen molar-refractivity contribution in [3.05, 3.63) is 92.9 Å². The van der Waals surface area contributed by atoms with Crippen molar-refractivity contribution in [2.24, 2.45) is 0 Å². The minimum Gasteiger partial charge on any atom is -0.456 e. The van der Waals surface area contributed by atoms with Gasteiger partial charge in [0.25, 0.3) is 30.4 Å². The number of nitrogens with zero attached hydrogens (tertiary/aromatic N) is 2. The van der Waals surface area contributed by atoms with Gasteiger partial charge in [-0.2, -0.15) is 25.3 Å². The van der Waals surface area contributed by atoms with Crippen molar-refractivity contribution in [3.8, 4) is 11.5 Å². The van der Waals surface area contributed by atoms with Crippen molar-refractivity contribution in [1.82, 2.24) is 10.2 Å². The summed E-state index contributed by atoms with van der Waals surface area (Å²) in [5, 5.41) is 17.2. The van der Waals surface area contributed by atoms with Crippen molar-refractivity contribution in [3.63, 3.8) is 0 Å². The first-order valence-corrected chi connectivity index (χ1v) is 20.3. The highest BCUT2D eigenvalue weighted by molar-refractivity contribution is 7.86. The van der Waals surface area contributed by atoms with Crippen LogP contribution in [0, 0.1) is 20.8 Å². The van der Waals surface area contributed by atoms with Gasteiger partial charge in [-0.15, -0.1) is 10.2 Å². The van der Waals surface area contributed by atoms with Gasteiger partial charge in [0, 0.05) is 46.3 Å². The molecule has 0 fully saturated rings. The fourth-order valence-electron chi connectivity index (χ4n) is 6.01. The van der Waals surface area contributed by atoms with E-state index in [0.717, 1.165) is 35.1 Å². The molecule has 5 aromatic rings. The molecule has 6 rings (SSSR count). The molecule has 4 aromatic carbocycles. The molecule has 276 valence electrons. The molecular weight excluding hydrogens is 771 g/mol. The Morgan fingerprint density at radius 3 is 1.96 bits per heavy atom. The Morgan fingerprint density at radius 1 is 0.736 bits per heavy atom. The first-order chi connectivity index (χ1) is 24.6. The number of hydrogen-bond donors (Lipinski definition) is 6. The van der Waals surface area contributed by atoms with Crippen LogP contribution < -0.4 is 31.1 Å². The molecule has 0 atom stereocenters. The molecule has 16 nitrogen and oxygen atoms in total. The molecule has 0 aliphatic carbocycles. The molecule has 0 spiro atoms. The number of ether oxygens (including phenoxy) is 1. The van der Waals surface area contributed by atoms with Crippen LogP contribution in [0.25, 0.3) is 12.2 Å². The summed E-state index contributed by atoms with van der Waals surface area (Å²) >= 11 is 1.09. The number of anilines is 5. The summed E-state index contributed by atoms with van der Waals surface area (Å²) in [5.41, 5.74) is 2.48. The first kappa shape index (κ1) is 37.5. The maximum Gasteiger partial charge on any atom is 0.296 e. The largest absolute Gasteiger partial charge is 0.456 e. The quantitative estimate of drug-likeness (QED) is 0.111. The number of carbonyl (C=O) groups is 1. The number of nitrogens with one attached hydrogen (secondary N) is 3. The predicted molar refractivity (Wildman–Crippen MR) is 197 cm³/mol. The molecule has 2 heterocycles. The van der Waals surface area contributed by atoms with Crippen LogP contribution >= 0.6 is 11.3 Å². The number of amides is 1. The van der Waals surface area contributed by atoms with Crippen LogP contribution in [0.2, 0.25) is 0 Å². The molecule has 20 heteroatoms. The van der Waals surface area contributed by atoms with Crippen LogP contribution in [-0.4, -0.2) is 55.0 Å². The topological polar surface area (TPSA) is 251 Å². The van der Waals surface area contributed by atoms with E-state index in [0.29, 0.717) is 27.6 Å². The Kier molecular flexibility index (Phi) is 9.44. The Bertz CT molecular complexity index is 2860. The van der Waals surface area contributed by atoms with E-state index in [-0.39, 0.29) is 55.4 Å². The highest BCUT2D eigenvalue weighted by Crippen LogP contribution is 2.44. The van der Waals surface area contributed by atoms with Crippen LogP contribution in [0.5, 0.6) is 11.5 Å². The second-order valence-electron chi connectivity index (χ2n) is 11.9. The molecule has 53 heavy (non-hydrogen) atoms. The zero-order chi connectivity index (χ0) is 38.8. The van der Waals surface area contributed by atoms with Gasteiger partial charge in [-0.1, -0.05) is 42.2 Å². The van der Waals surface area contributed by atoms with Crippen LogP contribution in [-0.2, 0) is 35.1 Å². The summed E-state index contributed by atoms with van der Waals surface area (Å²) in [7, 11) is -14.9. The Hall–Kier alpha value is -5.22. The van der Waals surface area contributed by atoms with Crippen LogP contribution in [0.4, 0.5) is 27.3 Å². The zero-order valence-electron chi connectivity index (χ0n) is 28.0. The van der Waals surface area contributed by atoms with Crippen molar-refractivity contribution in [2.75, 3.05) is 16.0 Å². The summed E-state index contributed by atoms with van der Waals surface area (Å²) in [6, 6.07) is 11.4. The lowest BCUT2D eigenvalue weighted by Crippen LogP contribution is -2.25. The lowest BCUT2D eigenvalue weighted by molar-refractivity contribution is -0.114. The number of aryl methyl sites for hydroxylation is 2. The summed E-state index contributed by atoms with van der Waals surface area (Å²) in [4.78, 5) is 9.53. The SMILES string of the molecule is C=c1cc2c(cc1S(=O)(=O)O)=C(c1ccccc1S(=O)(=O)O)c1cc(S(=O)(=O)O)c(Nc3c(C)cc(C)c(Nc4nnc(NC(C)=O)s4)c3C)cc1O2. The van der Waals surface area contributed by atoms with Gasteiger partial charge in [0.05, 0.1) is 5.69 Å². The molecule has 0 saturated carbocycles. The normalized spacial score (nSPS) is 12.8. The molecule has 1 aromatic heterocycles. The smallest absolute Gasteiger partial charge is 0.296 e. The second kappa shape index (κ2) is 13.3. The zero-order valence-corrected chi connectivity index (χ0v) is 31.3. The molecule has 0 radical (unpaired) electrons. The molecule has 0 saturated heterocycles.